The molecule has 42 heavy (non-hydrogen) atoms. The minimum Gasteiger partial charge on any atom is -0.480 e. The maximum Gasteiger partial charge on any atom is 0.326 e. The van der Waals surface area contributed by atoms with Crippen LogP contribution in [0.2, 0.25) is 0 Å². The average Bonchev–Trinajstić information content (AvgIpc) is 3.64. The zero-order valence-corrected chi connectivity index (χ0v) is 23.6. The number of rotatable bonds is 14. The lowest BCUT2D eigenvalue weighted by Crippen LogP contribution is -2.57. The number of para-hydroxylation sites is 1. The Balaban J connectivity index is 1.48. The monoisotopic (exact) mass is 576 g/mol. The van der Waals surface area contributed by atoms with E-state index in [1.807, 2.05) is 54.6 Å². The minimum atomic E-state index is -1.22. The molecular formula is C31H40N6O5. The molecule has 0 radical (unpaired) electrons. The van der Waals surface area contributed by atoms with E-state index in [0.29, 0.717) is 32.4 Å². The van der Waals surface area contributed by atoms with Gasteiger partial charge in [0.2, 0.25) is 17.7 Å². The Hall–Kier alpha value is -4.22. The number of aromatic amines is 1. The maximum absolute atomic E-state index is 13.6. The smallest absolute Gasteiger partial charge is 0.326 e. The highest BCUT2D eigenvalue weighted by atomic mass is 16.4. The van der Waals surface area contributed by atoms with Crippen molar-refractivity contribution < 1.29 is 24.3 Å². The van der Waals surface area contributed by atoms with Crippen LogP contribution in [0.4, 0.5) is 0 Å². The number of hydrogen-bond acceptors (Lipinski definition) is 6. The molecule has 4 unspecified atom stereocenters. The van der Waals surface area contributed by atoms with E-state index in [1.165, 1.54) is 4.90 Å². The third-order valence-corrected chi connectivity index (χ3v) is 7.75. The number of fused-ring (bicyclic) bond motifs is 1. The first-order valence-electron chi connectivity index (χ1n) is 14.5. The molecule has 3 amide bonds. The number of aromatic nitrogens is 1. The van der Waals surface area contributed by atoms with Crippen molar-refractivity contribution in [1.82, 2.24) is 20.5 Å². The van der Waals surface area contributed by atoms with Crippen LogP contribution in [-0.2, 0) is 32.0 Å². The quantitative estimate of drug-likeness (QED) is 0.157. The van der Waals surface area contributed by atoms with Crippen molar-refractivity contribution in [3.8, 4) is 0 Å². The molecule has 1 saturated heterocycles. The lowest BCUT2D eigenvalue weighted by Gasteiger charge is -2.29. The number of nitrogens with one attached hydrogen (secondary N) is 3. The van der Waals surface area contributed by atoms with Crippen molar-refractivity contribution in [2.75, 3.05) is 13.1 Å². The third kappa shape index (κ3) is 7.74. The second-order valence-corrected chi connectivity index (χ2v) is 10.8. The van der Waals surface area contributed by atoms with Crippen molar-refractivity contribution in [3.63, 3.8) is 0 Å². The predicted molar refractivity (Wildman–Crippen MR) is 159 cm³/mol. The summed E-state index contributed by atoms with van der Waals surface area (Å²) in [5.41, 5.74) is 14.1. The Morgan fingerprint density at radius 3 is 2.45 bits per heavy atom. The van der Waals surface area contributed by atoms with Crippen molar-refractivity contribution in [2.24, 2.45) is 11.5 Å². The Labute approximate surface area is 245 Å². The molecule has 224 valence electrons. The molecule has 3 aromatic rings. The molecule has 11 heteroatoms. The number of H-pyrrole nitrogens is 1. The van der Waals surface area contributed by atoms with Gasteiger partial charge in [0.1, 0.15) is 18.1 Å². The van der Waals surface area contributed by atoms with Crippen molar-refractivity contribution in [1.29, 1.82) is 0 Å². The first-order valence-corrected chi connectivity index (χ1v) is 14.5. The number of unbranched alkanes of at least 4 members (excludes halogenated alkanes) is 1. The van der Waals surface area contributed by atoms with E-state index >= 15 is 0 Å². The molecule has 1 aliphatic heterocycles. The zero-order chi connectivity index (χ0) is 30.1. The van der Waals surface area contributed by atoms with Gasteiger partial charge in [0.05, 0.1) is 6.04 Å². The van der Waals surface area contributed by atoms with Gasteiger partial charge in [-0.2, -0.15) is 0 Å². The standard InChI is InChI=1S/C31H40N6O5/c32-15-7-6-12-23(33)30(40)37-16-8-14-27(37)29(39)35-25(17-20-9-2-1-3-10-20)28(38)36-26(31(41)42)18-21-19-34-24-13-5-4-11-22(21)24/h1-5,9-11,13,19,23,25-27,34H,6-8,12,14-18,32-33H2,(H,35,39)(H,36,38)(H,41,42). The SMILES string of the molecule is NCCCCC(N)C(=O)N1CCCC1C(=O)NC(Cc1ccccc1)C(=O)NC(Cc1c[nH]c2ccccc12)C(=O)O. The van der Waals surface area contributed by atoms with Gasteiger partial charge in [0, 0.05) is 36.5 Å². The number of carboxylic acids is 1. The van der Waals surface area contributed by atoms with E-state index in [2.05, 4.69) is 15.6 Å². The molecule has 8 N–H and O–H groups in total. The number of nitrogens with zero attached hydrogens (tertiary/aromatic N) is 1. The summed E-state index contributed by atoms with van der Waals surface area (Å²) in [5, 5.41) is 16.3. The molecule has 4 rings (SSSR count). The van der Waals surface area contributed by atoms with Crippen LogP contribution in [-0.4, -0.2) is 75.9 Å². The van der Waals surface area contributed by atoms with E-state index in [9.17, 15) is 24.3 Å². The molecular weight excluding hydrogens is 536 g/mol. The number of carboxylic acid groups (broad SMARTS) is 1. The van der Waals surface area contributed by atoms with Gasteiger partial charge in [-0.15, -0.1) is 0 Å². The molecule has 0 aliphatic carbocycles. The number of hydrogen-bond donors (Lipinski definition) is 6. The van der Waals surface area contributed by atoms with Crippen LogP contribution >= 0.6 is 0 Å². The van der Waals surface area contributed by atoms with Crippen LogP contribution in [0.15, 0.2) is 60.8 Å². The Kier molecular flexibility index (Phi) is 10.7. The first-order chi connectivity index (χ1) is 20.3. The minimum absolute atomic E-state index is 0.0596. The molecule has 2 aromatic carbocycles. The van der Waals surface area contributed by atoms with Crippen molar-refractivity contribution in [3.05, 3.63) is 71.9 Å². The molecule has 1 aromatic heterocycles. The number of amides is 3. The van der Waals surface area contributed by atoms with E-state index in [4.69, 9.17) is 11.5 Å². The lowest BCUT2D eigenvalue weighted by atomic mass is 10.0. The van der Waals surface area contributed by atoms with Crippen LogP contribution < -0.4 is 22.1 Å². The summed E-state index contributed by atoms with van der Waals surface area (Å²) in [6.45, 7) is 0.924. The number of nitrogens with two attached hydrogens (primary N) is 2. The summed E-state index contributed by atoms with van der Waals surface area (Å²) in [7, 11) is 0. The molecule has 1 fully saturated rings. The highest BCUT2D eigenvalue weighted by Gasteiger charge is 2.38. The zero-order valence-electron chi connectivity index (χ0n) is 23.6. The Morgan fingerprint density at radius 1 is 0.976 bits per heavy atom. The van der Waals surface area contributed by atoms with Crippen molar-refractivity contribution in [2.45, 2.75) is 69.1 Å². The van der Waals surface area contributed by atoms with Gasteiger partial charge in [-0.1, -0.05) is 55.0 Å². The molecule has 1 aliphatic rings. The normalized spacial score (nSPS) is 17.0. The second-order valence-electron chi connectivity index (χ2n) is 10.8. The largest absolute Gasteiger partial charge is 0.480 e. The fourth-order valence-corrected chi connectivity index (χ4v) is 5.47. The fraction of sp³-hybridized carbons (Fsp3) is 0.419. The maximum atomic E-state index is 13.6. The van der Waals surface area contributed by atoms with Gasteiger partial charge in [0.15, 0.2) is 0 Å². The highest BCUT2D eigenvalue weighted by Crippen LogP contribution is 2.21. The van der Waals surface area contributed by atoms with Crippen molar-refractivity contribution >= 4 is 34.6 Å². The number of carbonyl (C=O) groups excluding carboxylic acids is 3. The van der Waals surface area contributed by atoms with Gasteiger partial charge in [-0.3, -0.25) is 14.4 Å². The third-order valence-electron chi connectivity index (χ3n) is 7.75. The fourth-order valence-electron chi connectivity index (χ4n) is 5.47. The molecule has 0 saturated carbocycles. The summed E-state index contributed by atoms with van der Waals surface area (Å²) in [6, 6.07) is 12.9. The second kappa shape index (κ2) is 14.6. The van der Waals surface area contributed by atoms with Gasteiger partial charge in [0.25, 0.3) is 0 Å². The highest BCUT2D eigenvalue weighted by molar-refractivity contribution is 5.95. The van der Waals surface area contributed by atoms with Crippen LogP contribution in [0.5, 0.6) is 0 Å². The molecule has 4 atom stereocenters. The first kappa shape index (κ1) is 30.7. The van der Waals surface area contributed by atoms with E-state index in [-0.39, 0.29) is 18.7 Å². The molecule has 0 bridgehead atoms. The number of benzene rings is 2. The summed E-state index contributed by atoms with van der Waals surface area (Å²) < 4.78 is 0. The number of carbonyl (C=O) groups is 4. The average molecular weight is 577 g/mol. The van der Waals surface area contributed by atoms with Crippen LogP contribution in [0.25, 0.3) is 10.9 Å². The van der Waals surface area contributed by atoms with Gasteiger partial charge in [-0.25, -0.2) is 4.79 Å². The summed E-state index contributed by atoms with van der Waals surface area (Å²) in [6.07, 6.45) is 5.00. The predicted octanol–water partition coefficient (Wildman–Crippen LogP) is 1.45. The van der Waals surface area contributed by atoms with E-state index in [1.54, 1.807) is 6.20 Å². The molecule has 11 nitrogen and oxygen atoms in total. The van der Waals surface area contributed by atoms with Gasteiger partial charge >= 0.3 is 5.97 Å². The molecule has 2 heterocycles. The Morgan fingerprint density at radius 2 is 1.71 bits per heavy atom. The van der Waals surface area contributed by atoms with E-state index < -0.39 is 42.0 Å². The van der Waals surface area contributed by atoms with Crippen LogP contribution in [0.3, 0.4) is 0 Å². The molecule has 0 spiro atoms. The lowest BCUT2D eigenvalue weighted by molar-refractivity contribution is -0.143. The van der Waals surface area contributed by atoms with Gasteiger partial charge < -0.3 is 37.1 Å². The topological polar surface area (TPSA) is 184 Å². The summed E-state index contributed by atoms with van der Waals surface area (Å²) in [4.78, 5) is 57.0. The van der Waals surface area contributed by atoms with Gasteiger partial charge in [-0.05, 0) is 49.4 Å². The van der Waals surface area contributed by atoms with Crippen LogP contribution in [0, 0.1) is 0 Å². The van der Waals surface area contributed by atoms with E-state index in [0.717, 1.165) is 34.9 Å². The number of aliphatic carboxylic acids is 1. The van der Waals surface area contributed by atoms with Crippen LogP contribution in [0.1, 0.15) is 43.2 Å². The number of likely N-dealkylation sites (tertiary alicyclic amines) is 1. The summed E-state index contributed by atoms with van der Waals surface area (Å²) >= 11 is 0. The Bertz CT molecular complexity index is 1380. The summed E-state index contributed by atoms with van der Waals surface area (Å²) in [5.74, 6) is -2.56.